The fraction of sp³-hybridized carbons (Fsp3) is 0.667. The highest BCUT2D eigenvalue weighted by Crippen LogP contribution is 2.39. The van der Waals surface area contributed by atoms with Crippen molar-refractivity contribution in [1.29, 1.82) is 0 Å². The van der Waals surface area contributed by atoms with E-state index in [1.54, 1.807) is 11.3 Å². The molecule has 1 aromatic heterocycles. The molecule has 3 rings (SSSR count). The van der Waals surface area contributed by atoms with Gasteiger partial charge in [-0.25, -0.2) is 0 Å². The van der Waals surface area contributed by atoms with Crippen molar-refractivity contribution in [2.45, 2.75) is 38.1 Å². The Morgan fingerprint density at radius 1 is 1.40 bits per heavy atom. The lowest BCUT2D eigenvalue weighted by Gasteiger charge is -2.29. The first-order chi connectivity index (χ1) is 9.00. The van der Waals surface area contributed by atoms with Crippen LogP contribution in [0.25, 0.3) is 0 Å². The Morgan fingerprint density at radius 3 is 2.75 bits per heavy atom. The van der Waals surface area contributed by atoms with E-state index in [9.17, 15) is 4.79 Å². The third-order valence-electron chi connectivity index (χ3n) is 4.87. The molecule has 20 heavy (non-hydrogen) atoms. The number of nitrogens with two attached hydrogens (primary N) is 1. The summed E-state index contributed by atoms with van der Waals surface area (Å²) in [5.74, 6) is 1.43. The lowest BCUT2D eigenvalue weighted by molar-refractivity contribution is -0.135. The average molecular weight is 315 g/mol. The van der Waals surface area contributed by atoms with Crippen molar-refractivity contribution in [3.8, 4) is 0 Å². The van der Waals surface area contributed by atoms with Crippen molar-refractivity contribution in [2.24, 2.45) is 17.6 Å². The van der Waals surface area contributed by atoms with Crippen LogP contribution in [0.5, 0.6) is 0 Å². The summed E-state index contributed by atoms with van der Waals surface area (Å²) < 4.78 is 0. The SMILES string of the molecule is CC(C)(C(=O)N1CC2CCC(N)C2C1)c1cccs1.Cl. The molecule has 2 aliphatic rings. The number of carbonyl (C=O) groups is 1. The van der Waals surface area contributed by atoms with Gasteiger partial charge in [0, 0.05) is 24.0 Å². The molecule has 3 nitrogen and oxygen atoms in total. The summed E-state index contributed by atoms with van der Waals surface area (Å²) in [6.07, 6.45) is 2.32. The fourth-order valence-corrected chi connectivity index (χ4v) is 4.45. The Labute approximate surface area is 130 Å². The number of carbonyl (C=O) groups excluding carboxylic acids is 1. The molecule has 0 spiro atoms. The number of hydrogen-bond acceptors (Lipinski definition) is 3. The predicted molar refractivity (Wildman–Crippen MR) is 85.4 cm³/mol. The highest BCUT2D eigenvalue weighted by molar-refractivity contribution is 7.10. The van der Waals surface area contributed by atoms with Crippen LogP contribution in [0.2, 0.25) is 0 Å². The molecular formula is C15H23ClN2OS. The average Bonchev–Trinajstić information content (AvgIpc) is 3.06. The van der Waals surface area contributed by atoms with E-state index in [1.165, 1.54) is 6.42 Å². The third kappa shape index (κ3) is 2.49. The maximum absolute atomic E-state index is 12.8. The van der Waals surface area contributed by atoms with Crippen LogP contribution < -0.4 is 5.73 Å². The number of hydrogen-bond donors (Lipinski definition) is 1. The van der Waals surface area contributed by atoms with Gasteiger partial charge in [0.15, 0.2) is 0 Å². The standard InChI is InChI=1S/C15H22N2OS.ClH/c1-15(2,13-4-3-7-19-13)14(18)17-8-10-5-6-12(16)11(10)9-17;/h3-4,7,10-12H,5-6,8-9,16H2,1-2H3;1H. The summed E-state index contributed by atoms with van der Waals surface area (Å²) in [4.78, 5) is 16.0. The van der Waals surface area contributed by atoms with Crippen molar-refractivity contribution in [1.82, 2.24) is 4.90 Å². The predicted octanol–water partition coefficient (Wildman–Crippen LogP) is 2.64. The summed E-state index contributed by atoms with van der Waals surface area (Å²) >= 11 is 1.67. The normalized spacial score (nSPS) is 29.1. The lowest BCUT2D eigenvalue weighted by atomic mass is 9.89. The molecule has 2 fully saturated rings. The Hall–Kier alpha value is -0.580. The minimum Gasteiger partial charge on any atom is -0.341 e. The van der Waals surface area contributed by atoms with Crippen molar-refractivity contribution in [2.75, 3.05) is 13.1 Å². The minimum absolute atomic E-state index is 0. The van der Waals surface area contributed by atoms with Crippen molar-refractivity contribution in [3.63, 3.8) is 0 Å². The van der Waals surface area contributed by atoms with E-state index in [4.69, 9.17) is 5.73 Å². The van der Waals surface area contributed by atoms with Gasteiger partial charge in [0.2, 0.25) is 5.91 Å². The number of halogens is 1. The van der Waals surface area contributed by atoms with Crippen LogP contribution in [0.15, 0.2) is 17.5 Å². The Bertz CT molecular complexity index is 474. The van der Waals surface area contributed by atoms with Crippen LogP contribution in [0.1, 0.15) is 31.6 Å². The van der Waals surface area contributed by atoms with Gasteiger partial charge in [-0.05, 0) is 50.0 Å². The van der Waals surface area contributed by atoms with Crippen LogP contribution >= 0.6 is 23.7 Å². The fourth-order valence-electron chi connectivity index (χ4n) is 3.61. The van der Waals surface area contributed by atoms with E-state index in [0.717, 1.165) is 24.4 Å². The van der Waals surface area contributed by atoms with E-state index in [-0.39, 0.29) is 18.3 Å². The van der Waals surface area contributed by atoms with Gasteiger partial charge in [-0.2, -0.15) is 0 Å². The zero-order chi connectivity index (χ0) is 13.6. The van der Waals surface area contributed by atoms with Crippen molar-refractivity contribution in [3.05, 3.63) is 22.4 Å². The summed E-state index contributed by atoms with van der Waals surface area (Å²) in [5.41, 5.74) is 5.74. The number of fused-ring (bicyclic) bond motifs is 1. The van der Waals surface area contributed by atoms with Crippen LogP contribution in [0.3, 0.4) is 0 Å². The lowest BCUT2D eigenvalue weighted by Crippen LogP contribution is -2.43. The highest BCUT2D eigenvalue weighted by Gasteiger charge is 2.45. The van der Waals surface area contributed by atoms with Gasteiger partial charge in [0.1, 0.15) is 0 Å². The smallest absolute Gasteiger partial charge is 0.233 e. The van der Waals surface area contributed by atoms with Crippen molar-refractivity contribution >= 4 is 29.7 Å². The molecule has 112 valence electrons. The minimum atomic E-state index is -0.406. The van der Waals surface area contributed by atoms with E-state index in [2.05, 4.69) is 6.07 Å². The first kappa shape index (κ1) is 15.8. The maximum Gasteiger partial charge on any atom is 0.233 e. The second kappa shape index (κ2) is 5.66. The largest absolute Gasteiger partial charge is 0.341 e. The zero-order valence-corrected chi connectivity index (χ0v) is 13.7. The second-order valence-electron chi connectivity index (χ2n) is 6.48. The summed E-state index contributed by atoms with van der Waals surface area (Å²) in [6.45, 7) is 5.84. The molecule has 2 heterocycles. The molecule has 1 aromatic rings. The topological polar surface area (TPSA) is 46.3 Å². The number of nitrogens with zero attached hydrogens (tertiary/aromatic N) is 1. The molecule has 1 saturated carbocycles. The first-order valence-electron chi connectivity index (χ1n) is 7.09. The molecule has 1 amide bonds. The molecule has 3 atom stereocenters. The maximum atomic E-state index is 12.8. The van der Waals surface area contributed by atoms with Gasteiger partial charge in [-0.3, -0.25) is 4.79 Å². The Morgan fingerprint density at radius 2 is 2.15 bits per heavy atom. The Balaban J connectivity index is 0.00000147. The number of amides is 1. The van der Waals surface area contributed by atoms with Gasteiger partial charge in [0.25, 0.3) is 0 Å². The molecule has 5 heteroatoms. The number of likely N-dealkylation sites (tertiary alicyclic amines) is 1. The molecule has 2 N–H and O–H groups in total. The summed E-state index contributed by atoms with van der Waals surface area (Å²) in [6, 6.07) is 4.38. The monoisotopic (exact) mass is 314 g/mol. The molecule has 3 unspecified atom stereocenters. The van der Waals surface area contributed by atoms with E-state index in [0.29, 0.717) is 17.9 Å². The molecule has 0 bridgehead atoms. The van der Waals surface area contributed by atoms with Crippen molar-refractivity contribution < 1.29 is 4.79 Å². The van der Waals surface area contributed by atoms with Gasteiger partial charge < -0.3 is 10.6 Å². The van der Waals surface area contributed by atoms with E-state index >= 15 is 0 Å². The van der Waals surface area contributed by atoms with Crippen LogP contribution in [-0.2, 0) is 10.2 Å². The molecule has 0 radical (unpaired) electrons. The Kier molecular flexibility index (Phi) is 4.47. The number of thiophene rings is 1. The van der Waals surface area contributed by atoms with Crippen LogP contribution in [0.4, 0.5) is 0 Å². The van der Waals surface area contributed by atoms with Gasteiger partial charge in [0.05, 0.1) is 5.41 Å². The van der Waals surface area contributed by atoms with Gasteiger partial charge >= 0.3 is 0 Å². The second-order valence-corrected chi connectivity index (χ2v) is 7.43. The summed E-state index contributed by atoms with van der Waals surface area (Å²) in [7, 11) is 0. The molecule has 1 saturated heterocycles. The first-order valence-corrected chi connectivity index (χ1v) is 7.97. The molecule has 1 aliphatic carbocycles. The van der Waals surface area contributed by atoms with E-state index < -0.39 is 5.41 Å². The highest BCUT2D eigenvalue weighted by atomic mass is 35.5. The quantitative estimate of drug-likeness (QED) is 0.912. The van der Waals surface area contributed by atoms with E-state index in [1.807, 2.05) is 30.2 Å². The summed E-state index contributed by atoms with van der Waals surface area (Å²) in [5, 5.41) is 2.04. The zero-order valence-electron chi connectivity index (χ0n) is 12.0. The number of rotatable bonds is 2. The molecule has 0 aromatic carbocycles. The molecular weight excluding hydrogens is 292 g/mol. The van der Waals surface area contributed by atoms with Gasteiger partial charge in [-0.15, -0.1) is 23.7 Å². The molecule has 1 aliphatic heterocycles. The van der Waals surface area contributed by atoms with Crippen LogP contribution in [0, 0.1) is 11.8 Å². The van der Waals surface area contributed by atoms with Gasteiger partial charge in [-0.1, -0.05) is 6.07 Å². The van der Waals surface area contributed by atoms with Crippen LogP contribution in [-0.4, -0.2) is 29.9 Å². The third-order valence-corrected chi connectivity index (χ3v) is 6.06.